The summed E-state index contributed by atoms with van der Waals surface area (Å²) in [4.78, 5) is 0. The standard InChI is InChI=1S/C16H16F3NO/c1-3-21-16-7-5-12(9-15(16)19)20-10(2)13-8-11(17)4-6-14(13)18/h4-10,20H,3H2,1-2H3. The molecule has 0 aliphatic rings. The van der Waals surface area contributed by atoms with Crippen molar-refractivity contribution in [3.05, 3.63) is 59.4 Å². The van der Waals surface area contributed by atoms with Gasteiger partial charge in [0, 0.05) is 17.3 Å². The minimum absolute atomic E-state index is 0.160. The van der Waals surface area contributed by atoms with E-state index in [2.05, 4.69) is 5.32 Å². The molecule has 5 heteroatoms. The maximum absolute atomic E-state index is 13.7. The molecule has 2 nitrogen and oxygen atoms in total. The zero-order chi connectivity index (χ0) is 15.4. The van der Waals surface area contributed by atoms with Gasteiger partial charge in [-0.2, -0.15) is 0 Å². The number of ether oxygens (including phenoxy) is 1. The molecule has 2 rings (SSSR count). The summed E-state index contributed by atoms with van der Waals surface area (Å²) >= 11 is 0. The molecule has 1 atom stereocenters. The molecule has 2 aromatic rings. The highest BCUT2D eigenvalue weighted by atomic mass is 19.1. The van der Waals surface area contributed by atoms with Gasteiger partial charge in [-0.1, -0.05) is 0 Å². The largest absolute Gasteiger partial charge is 0.491 e. The lowest BCUT2D eigenvalue weighted by molar-refractivity contribution is 0.321. The molecule has 0 amide bonds. The summed E-state index contributed by atoms with van der Waals surface area (Å²) in [5, 5.41) is 2.93. The first kappa shape index (κ1) is 15.2. The van der Waals surface area contributed by atoms with Crippen LogP contribution in [0.15, 0.2) is 36.4 Å². The number of halogens is 3. The van der Waals surface area contributed by atoms with E-state index in [4.69, 9.17) is 4.74 Å². The molecule has 0 aliphatic heterocycles. The van der Waals surface area contributed by atoms with Crippen LogP contribution in [0.5, 0.6) is 5.75 Å². The van der Waals surface area contributed by atoms with E-state index in [1.54, 1.807) is 19.9 Å². The molecule has 0 saturated carbocycles. The Kier molecular flexibility index (Phi) is 4.73. The number of benzene rings is 2. The molecule has 0 radical (unpaired) electrons. The Morgan fingerprint density at radius 3 is 2.48 bits per heavy atom. The van der Waals surface area contributed by atoms with E-state index in [-0.39, 0.29) is 11.3 Å². The molecule has 0 saturated heterocycles. The van der Waals surface area contributed by atoms with Crippen LogP contribution in [0.1, 0.15) is 25.5 Å². The Balaban J connectivity index is 2.17. The van der Waals surface area contributed by atoms with Gasteiger partial charge in [-0.05, 0) is 44.2 Å². The van der Waals surface area contributed by atoms with E-state index < -0.39 is 23.5 Å². The maximum Gasteiger partial charge on any atom is 0.167 e. The van der Waals surface area contributed by atoms with E-state index in [0.717, 1.165) is 18.2 Å². The Hall–Kier alpha value is -2.17. The number of nitrogens with one attached hydrogen (secondary N) is 1. The van der Waals surface area contributed by atoms with Crippen molar-refractivity contribution in [2.24, 2.45) is 0 Å². The molecule has 1 N–H and O–H groups in total. The molecule has 0 spiro atoms. The third-order valence-corrected chi connectivity index (χ3v) is 3.04. The van der Waals surface area contributed by atoms with Crippen LogP contribution < -0.4 is 10.1 Å². The normalized spacial score (nSPS) is 12.0. The zero-order valence-corrected chi connectivity index (χ0v) is 11.8. The van der Waals surface area contributed by atoms with Gasteiger partial charge >= 0.3 is 0 Å². The molecule has 0 bridgehead atoms. The van der Waals surface area contributed by atoms with E-state index >= 15 is 0 Å². The summed E-state index contributed by atoms with van der Waals surface area (Å²) in [6.45, 7) is 3.81. The second-order valence-electron chi connectivity index (χ2n) is 4.61. The Morgan fingerprint density at radius 1 is 1.05 bits per heavy atom. The van der Waals surface area contributed by atoms with Gasteiger partial charge in [0.25, 0.3) is 0 Å². The van der Waals surface area contributed by atoms with Gasteiger partial charge in [0.15, 0.2) is 11.6 Å². The van der Waals surface area contributed by atoms with Gasteiger partial charge in [-0.25, -0.2) is 13.2 Å². The summed E-state index contributed by atoms with van der Waals surface area (Å²) in [5.41, 5.74) is 0.649. The van der Waals surface area contributed by atoms with Gasteiger partial charge in [0.2, 0.25) is 0 Å². The van der Waals surface area contributed by atoms with Gasteiger partial charge in [0.1, 0.15) is 11.6 Å². The summed E-state index contributed by atoms with van der Waals surface area (Å²) in [6.07, 6.45) is 0. The highest BCUT2D eigenvalue weighted by Crippen LogP contribution is 2.26. The molecule has 1 unspecified atom stereocenters. The molecule has 0 aliphatic carbocycles. The zero-order valence-electron chi connectivity index (χ0n) is 11.8. The topological polar surface area (TPSA) is 21.3 Å². The van der Waals surface area contributed by atoms with E-state index in [0.29, 0.717) is 12.3 Å². The molecular weight excluding hydrogens is 279 g/mol. The van der Waals surface area contributed by atoms with Crippen LogP contribution in [0.3, 0.4) is 0 Å². The first-order chi connectivity index (χ1) is 10.0. The van der Waals surface area contributed by atoms with Crippen LogP contribution >= 0.6 is 0 Å². The fourth-order valence-electron chi connectivity index (χ4n) is 2.04. The molecule has 112 valence electrons. The Labute approximate surface area is 121 Å². The summed E-state index contributed by atoms with van der Waals surface area (Å²) in [6, 6.07) is 7.14. The van der Waals surface area contributed by atoms with Crippen LogP contribution in [0.25, 0.3) is 0 Å². The number of hydrogen-bond donors (Lipinski definition) is 1. The number of anilines is 1. The lowest BCUT2D eigenvalue weighted by atomic mass is 10.1. The van der Waals surface area contributed by atoms with Gasteiger partial charge in [0.05, 0.1) is 12.6 Å². The Morgan fingerprint density at radius 2 is 1.81 bits per heavy atom. The van der Waals surface area contributed by atoms with E-state index in [9.17, 15) is 13.2 Å². The molecular formula is C16H16F3NO. The van der Waals surface area contributed by atoms with Gasteiger partial charge in [-0.15, -0.1) is 0 Å². The second kappa shape index (κ2) is 6.52. The average Bonchev–Trinajstić information content (AvgIpc) is 2.44. The minimum atomic E-state index is -0.516. The van der Waals surface area contributed by atoms with Crippen molar-refractivity contribution in [2.75, 3.05) is 11.9 Å². The molecule has 0 heterocycles. The third-order valence-electron chi connectivity index (χ3n) is 3.04. The first-order valence-corrected chi connectivity index (χ1v) is 6.65. The quantitative estimate of drug-likeness (QED) is 0.865. The maximum atomic E-state index is 13.7. The fourth-order valence-corrected chi connectivity index (χ4v) is 2.04. The van der Waals surface area contributed by atoms with Crippen LogP contribution in [0.4, 0.5) is 18.9 Å². The number of hydrogen-bond acceptors (Lipinski definition) is 2. The summed E-state index contributed by atoms with van der Waals surface area (Å²) in [5.74, 6) is -1.37. The third kappa shape index (κ3) is 3.68. The molecule has 2 aromatic carbocycles. The van der Waals surface area contributed by atoms with Crippen LogP contribution in [0.2, 0.25) is 0 Å². The summed E-state index contributed by atoms with van der Waals surface area (Å²) < 4.78 is 45.7. The first-order valence-electron chi connectivity index (χ1n) is 6.65. The molecule has 21 heavy (non-hydrogen) atoms. The second-order valence-corrected chi connectivity index (χ2v) is 4.61. The Bertz CT molecular complexity index is 631. The molecule has 0 aromatic heterocycles. The minimum Gasteiger partial charge on any atom is -0.491 e. The predicted octanol–water partition coefficient (Wildman–Crippen LogP) is 4.68. The predicted molar refractivity (Wildman–Crippen MR) is 76.0 cm³/mol. The van der Waals surface area contributed by atoms with Crippen molar-refractivity contribution < 1.29 is 17.9 Å². The van der Waals surface area contributed by atoms with Crippen molar-refractivity contribution in [1.82, 2.24) is 0 Å². The van der Waals surface area contributed by atoms with Crippen LogP contribution in [-0.2, 0) is 0 Å². The van der Waals surface area contributed by atoms with Crippen LogP contribution in [-0.4, -0.2) is 6.61 Å². The monoisotopic (exact) mass is 295 g/mol. The van der Waals surface area contributed by atoms with E-state index in [1.807, 2.05) is 0 Å². The van der Waals surface area contributed by atoms with Crippen molar-refractivity contribution in [3.8, 4) is 5.75 Å². The molecule has 0 fully saturated rings. The SMILES string of the molecule is CCOc1ccc(NC(C)c2cc(F)ccc2F)cc1F. The van der Waals surface area contributed by atoms with Crippen molar-refractivity contribution >= 4 is 5.69 Å². The van der Waals surface area contributed by atoms with Crippen molar-refractivity contribution in [2.45, 2.75) is 19.9 Å². The van der Waals surface area contributed by atoms with Gasteiger partial charge < -0.3 is 10.1 Å². The smallest absolute Gasteiger partial charge is 0.167 e. The highest BCUT2D eigenvalue weighted by Gasteiger charge is 2.13. The van der Waals surface area contributed by atoms with Crippen molar-refractivity contribution in [3.63, 3.8) is 0 Å². The van der Waals surface area contributed by atoms with Gasteiger partial charge in [-0.3, -0.25) is 0 Å². The highest BCUT2D eigenvalue weighted by molar-refractivity contribution is 5.49. The van der Waals surface area contributed by atoms with E-state index in [1.165, 1.54) is 12.1 Å². The van der Waals surface area contributed by atoms with Crippen molar-refractivity contribution in [1.29, 1.82) is 0 Å². The fraction of sp³-hybridized carbons (Fsp3) is 0.250. The summed E-state index contributed by atoms with van der Waals surface area (Å²) in [7, 11) is 0. The van der Waals surface area contributed by atoms with Crippen LogP contribution in [0, 0.1) is 17.5 Å². The average molecular weight is 295 g/mol. The lowest BCUT2D eigenvalue weighted by Gasteiger charge is -2.17. The number of rotatable bonds is 5. The lowest BCUT2D eigenvalue weighted by Crippen LogP contribution is -2.09.